The number of nitrogens with zero attached hydrogens (tertiary/aromatic N) is 3. The first-order valence-electron chi connectivity index (χ1n) is 20.2. The minimum absolute atomic E-state index is 0.00175. The summed E-state index contributed by atoms with van der Waals surface area (Å²) in [5.41, 5.74) is 3.33. The van der Waals surface area contributed by atoms with Crippen molar-refractivity contribution in [3.8, 4) is 0 Å². The van der Waals surface area contributed by atoms with Gasteiger partial charge in [-0.3, -0.25) is 0 Å². The van der Waals surface area contributed by atoms with E-state index in [0.717, 1.165) is 23.4 Å². The Morgan fingerprint density at radius 3 is 1.17 bits per heavy atom. The van der Waals surface area contributed by atoms with Crippen molar-refractivity contribution in [3.05, 3.63) is 83.6 Å². The fourth-order valence-corrected chi connectivity index (χ4v) is 6.57. The van der Waals surface area contributed by atoms with Gasteiger partial charge in [-0.25, -0.2) is 8.42 Å². The molecule has 0 atom stereocenters. The molecular formula is C46H85N3O3S. The lowest BCUT2D eigenvalue weighted by Gasteiger charge is -2.25. The summed E-state index contributed by atoms with van der Waals surface area (Å²) in [6, 6.07) is 19.5. The van der Waals surface area contributed by atoms with Crippen molar-refractivity contribution in [2.75, 3.05) is 5.75 Å². The largest absolute Gasteiger partial charge is 0.426 e. The third-order valence-corrected chi connectivity index (χ3v) is 8.92. The molecule has 0 aliphatic rings. The summed E-state index contributed by atoms with van der Waals surface area (Å²) in [5.74, 6) is 1.55. The van der Waals surface area contributed by atoms with Gasteiger partial charge in [-0.15, -0.1) is 10.2 Å². The van der Waals surface area contributed by atoms with Gasteiger partial charge in [0.2, 0.25) is 21.8 Å². The average molecular weight is 760 g/mol. The van der Waals surface area contributed by atoms with Crippen LogP contribution in [-0.4, -0.2) is 28.7 Å². The predicted molar refractivity (Wildman–Crippen MR) is 234 cm³/mol. The Balaban J connectivity index is -0.000000712. The van der Waals surface area contributed by atoms with E-state index in [1.807, 2.05) is 88.4 Å². The highest BCUT2D eigenvalue weighted by Crippen LogP contribution is 2.23. The van der Waals surface area contributed by atoms with Crippen molar-refractivity contribution in [2.24, 2.45) is 21.7 Å². The van der Waals surface area contributed by atoms with Gasteiger partial charge in [0.1, 0.15) is 0 Å². The van der Waals surface area contributed by atoms with Gasteiger partial charge in [0.15, 0.2) is 0 Å². The average Bonchev–Trinajstić information content (AvgIpc) is 3.45. The normalized spacial score (nSPS) is 11.5. The first-order chi connectivity index (χ1) is 24.4. The summed E-state index contributed by atoms with van der Waals surface area (Å²) in [4.78, 5) is 0. The second kappa shape index (κ2) is 28.0. The molecule has 0 saturated carbocycles. The molecule has 0 aliphatic heterocycles. The predicted octanol–water partition coefficient (Wildman–Crippen LogP) is 14.1. The number of aryl methyl sites for hydroxylation is 1. The van der Waals surface area contributed by atoms with Gasteiger partial charge in [0.05, 0.1) is 5.75 Å². The fraction of sp³-hybridized carbons (Fsp3) is 0.696. The van der Waals surface area contributed by atoms with Gasteiger partial charge in [-0.1, -0.05) is 198 Å². The summed E-state index contributed by atoms with van der Waals surface area (Å²) >= 11 is 0. The van der Waals surface area contributed by atoms with Crippen molar-refractivity contribution >= 4 is 10.0 Å². The van der Waals surface area contributed by atoms with Gasteiger partial charge in [-0.05, 0) is 52.0 Å². The van der Waals surface area contributed by atoms with E-state index >= 15 is 0 Å². The van der Waals surface area contributed by atoms with E-state index in [1.54, 1.807) is 11.2 Å². The van der Waals surface area contributed by atoms with Crippen LogP contribution in [0.2, 0.25) is 0 Å². The summed E-state index contributed by atoms with van der Waals surface area (Å²) in [6.07, 6.45) is 6.79. The van der Waals surface area contributed by atoms with Gasteiger partial charge < -0.3 is 4.42 Å². The third kappa shape index (κ3) is 35.0. The SMILES string of the molecule is CC.CC.CC(C)(C)CCS(=O)(=O)N(Cc1ccccc1)Cc1ccccc1.CCCC(C)(C)C.CCCC(C)(C)C.Cc1nnc(CC(C)(C)C)o1. The highest BCUT2D eigenvalue weighted by molar-refractivity contribution is 7.89. The zero-order chi connectivity index (χ0) is 41.9. The molecule has 0 N–H and O–H groups in total. The molecule has 2 aromatic carbocycles. The Bertz CT molecular complexity index is 1300. The van der Waals surface area contributed by atoms with Crippen molar-refractivity contribution in [3.63, 3.8) is 0 Å². The summed E-state index contributed by atoms with van der Waals surface area (Å²) in [7, 11) is -3.32. The summed E-state index contributed by atoms with van der Waals surface area (Å²) in [6.45, 7) is 41.4. The molecular weight excluding hydrogens is 675 g/mol. The quantitative estimate of drug-likeness (QED) is 0.206. The van der Waals surface area contributed by atoms with Crippen LogP contribution in [-0.2, 0) is 29.5 Å². The highest BCUT2D eigenvalue weighted by Gasteiger charge is 2.25. The standard InChI is InChI=1S/C20H27NO2S.C8H14N2O.2C7H16.2C2H6/c1-20(2,3)14-15-24(22,23)21(16-18-10-6-4-7-11-18)17-19-12-8-5-9-13-19;1-6-9-10-7(11-6)5-8(2,3)4;2*1-5-6-7(2,3)4;2*1-2/h4-13H,14-17H2,1-3H3;5H2,1-4H3;2*5-6H2,1-4H3;2*1-2H3. The van der Waals surface area contributed by atoms with Crippen LogP contribution in [0.5, 0.6) is 0 Å². The van der Waals surface area contributed by atoms with Crippen molar-refractivity contribution in [1.29, 1.82) is 0 Å². The van der Waals surface area contributed by atoms with Crippen LogP contribution in [0, 0.1) is 28.6 Å². The van der Waals surface area contributed by atoms with E-state index < -0.39 is 10.0 Å². The van der Waals surface area contributed by atoms with Crippen molar-refractivity contribution in [2.45, 2.75) is 183 Å². The van der Waals surface area contributed by atoms with E-state index in [2.05, 4.69) is 107 Å². The molecule has 1 aromatic heterocycles. The molecule has 0 radical (unpaired) electrons. The molecule has 0 aliphatic carbocycles. The lowest BCUT2D eigenvalue weighted by Crippen LogP contribution is -2.33. The van der Waals surface area contributed by atoms with Crippen LogP contribution in [0.4, 0.5) is 0 Å². The minimum Gasteiger partial charge on any atom is -0.426 e. The molecule has 0 amide bonds. The Morgan fingerprint density at radius 2 is 0.925 bits per heavy atom. The number of rotatable bonds is 10. The van der Waals surface area contributed by atoms with Crippen LogP contribution in [0.15, 0.2) is 65.1 Å². The smallest absolute Gasteiger partial charge is 0.217 e. The van der Waals surface area contributed by atoms with Crippen LogP contribution in [0.25, 0.3) is 0 Å². The highest BCUT2D eigenvalue weighted by atomic mass is 32.2. The van der Waals surface area contributed by atoms with Gasteiger partial charge >= 0.3 is 0 Å². The third-order valence-electron chi connectivity index (χ3n) is 7.16. The Morgan fingerprint density at radius 1 is 0.566 bits per heavy atom. The zero-order valence-corrected chi connectivity index (χ0v) is 38.9. The molecule has 0 spiro atoms. The van der Waals surface area contributed by atoms with Crippen LogP contribution in [0.3, 0.4) is 0 Å². The molecule has 0 bridgehead atoms. The van der Waals surface area contributed by atoms with Crippen molar-refractivity contribution < 1.29 is 12.8 Å². The maximum absolute atomic E-state index is 12.9. The number of hydrogen-bond acceptors (Lipinski definition) is 5. The molecule has 1 heterocycles. The first kappa shape index (κ1) is 54.8. The molecule has 6 nitrogen and oxygen atoms in total. The van der Waals surface area contributed by atoms with E-state index in [0.29, 0.717) is 36.2 Å². The lowest BCUT2D eigenvalue weighted by molar-refractivity contribution is 0.349. The second-order valence-electron chi connectivity index (χ2n) is 17.9. The van der Waals surface area contributed by atoms with E-state index in [1.165, 1.54) is 25.7 Å². The molecule has 7 heteroatoms. The van der Waals surface area contributed by atoms with E-state index in [9.17, 15) is 8.42 Å². The lowest BCUT2D eigenvalue weighted by atomic mass is 9.91. The van der Waals surface area contributed by atoms with Gasteiger partial charge in [0.25, 0.3) is 0 Å². The number of benzene rings is 2. The van der Waals surface area contributed by atoms with Crippen LogP contribution in [0.1, 0.15) is 180 Å². The van der Waals surface area contributed by atoms with Crippen molar-refractivity contribution in [1.82, 2.24) is 14.5 Å². The Labute approximate surface area is 330 Å². The molecule has 0 saturated heterocycles. The molecule has 3 aromatic rings. The summed E-state index contributed by atoms with van der Waals surface area (Å²) < 4.78 is 32.7. The van der Waals surface area contributed by atoms with E-state index in [4.69, 9.17) is 4.42 Å². The van der Waals surface area contributed by atoms with Crippen LogP contribution < -0.4 is 0 Å². The number of hydrogen-bond donors (Lipinski definition) is 0. The topological polar surface area (TPSA) is 76.3 Å². The monoisotopic (exact) mass is 760 g/mol. The Hall–Kier alpha value is -2.51. The number of aromatic nitrogens is 2. The zero-order valence-electron chi connectivity index (χ0n) is 38.1. The molecule has 3 rings (SSSR count). The van der Waals surface area contributed by atoms with Crippen LogP contribution >= 0.6 is 0 Å². The molecule has 53 heavy (non-hydrogen) atoms. The molecule has 0 unspecified atom stereocenters. The molecule has 308 valence electrons. The van der Waals surface area contributed by atoms with E-state index in [-0.39, 0.29) is 16.6 Å². The minimum atomic E-state index is -3.32. The first-order valence-corrected chi connectivity index (χ1v) is 21.8. The Kier molecular flexibility index (Phi) is 28.9. The van der Waals surface area contributed by atoms with Gasteiger partial charge in [-0.2, -0.15) is 4.31 Å². The molecule has 0 fully saturated rings. The summed E-state index contributed by atoms with van der Waals surface area (Å²) in [5, 5.41) is 7.67. The second-order valence-corrected chi connectivity index (χ2v) is 20.0. The maximum Gasteiger partial charge on any atom is 0.217 e. The van der Waals surface area contributed by atoms with Gasteiger partial charge in [0, 0.05) is 26.4 Å². The number of sulfonamides is 1. The fourth-order valence-electron chi connectivity index (χ4n) is 4.75. The maximum atomic E-state index is 12.9.